The van der Waals surface area contributed by atoms with Crippen molar-refractivity contribution in [2.45, 2.75) is 7.43 Å². The van der Waals surface area contributed by atoms with Crippen LogP contribution in [-0.2, 0) is 0 Å². The molecule has 2 N–H and O–H groups in total. The standard InChI is InChI=1S/C8H10N2S.CH4/c1-11-8(9)10-7-5-3-2-4-6-7;/h2-6H,1H3,(H2,9,10);1H4. The lowest BCUT2D eigenvalue weighted by Crippen LogP contribution is -2.03. The molecule has 0 saturated carbocycles. The van der Waals surface area contributed by atoms with Gasteiger partial charge in [0.25, 0.3) is 0 Å². The van der Waals surface area contributed by atoms with E-state index in [1.807, 2.05) is 36.6 Å². The quantitative estimate of drug-likeness (QED) is 0.535. The Balaban J connectivity index is 0.00000121. The zero-order valence-corrected chi connectivity index (χ0v) is 7.14. The minimum absolute atomic E-state index is 0. The Labute approximate surface area is 77.9 Å². The van der Waals surface area contributed by atoms with Crippen LogP contribution in [0.5, 0.6) is 0 Å². The second-order valence-corrected chi connectivity index (χ2v) is 2.82. The summed E-state index contributed by atoms with van der Waals surface area (Å²) < 4.78 is 0. The highest BCUT2D eigenvalue weighted by molar-refractivity contribution is 8.13. The Morgan fingerprint density at radius 3 is 2.42 bits per heavy atom. The van der Waals surface area contributed by atoms with Gasteiger partial charge < -0.3 is 5.73 Å². The zero-order chi connectivity index (χ0) is 8.10. The summed E-state index contributed by atoms with van der Waals surface area (Å²) in [5.74, 6) is 0. The molecule has 66 valence electrons. The summed E-state index contributed by atoms with van der Waals surface area (Å²) in [4.78, 5) is 4.13. The normalized spacial score (nSPS) is 10.6. The molecule has 12 heavy (non-hydrogen) atoms. The molecule has 2 nitrogen and oxygen atoms in total. The van der Waals surface area contributed by atoms with Crippen molar-refractivity contribution in [1.29, 1.82) is 0 Å². The number of benzene rings is 1. The van der Waals surface area contributed by atoms with Gasteiger partial charge in [0.1, 0.15) is 0 Å². The number of thioether (sulfide) groups is 1. The molecule has 0 unspecified atom stereocenters. The predicted molar refractivity (Wildman–Crippen MR) is 58.0 cm³/mol. The number of aliphatic imine (C=N–C) groups is 1. The summed E-state index contributed by atoms with van der Waals surface area (Å²) in [6, 6.07) is 9.67. The third-order valence-corrected chi connectivity index (χ3v) is 1.71. The zero-order valence-electron chi connectivity index (χ0n) is 6.32. The van der Waals surface area contributed by atoms with Gasteiger partial charge in [0.15, 0.2) is 5.17 Å². The topological polar surface area (TPSA) is 38.4 Å². The molecule has 1 aromatic rings. The molecule has 0 aliphatic rings. The molecular formula is C9H14N2S. The van der Waals surface area contributed by atoms with Crippen molar-refractivity contribution >= 4 is 22.6 Å². The summed E-state index contributed by atoms with van der Waals surface area (Å²) in [5, 5.41) is 0.594. The Kier molecular flexibility index (Phi) is 5.21. The second kappa shape index (κ2) is 5.66. The maximum atomic E-state index is 5.52. The molecule has 1 rings (SSSR count). The van der Waals surface area contributed by atoms with Gasteiger partial charge in [-0.3, -0.25) is 0 Å². The van der Waals surface area contributed by atoms with Crippen LogP contribution in [0.3, 0.4) is 0 Å². The van der Waals surface area contributed by atoms with E-state index in [0.29, 0.717) is 5.17 Å². The second-order valence-electron chi connectivity index (χ2n) is 1.99. The Morgan fingerprint density at radius 2 is 1.92 bits per heavy atom. The first kappa shape index (κ1) is 11.0. The van der Waals surface area contributed by atoms with E-state index in [-0.39, 0.29) is 7.43 Å². The summed E-state index contributed by atoms with van der Waals surface area (Å²) >= 11 is 1.45. The van der Waals surface area contributed by atoms with Gasteiger partial charge in [-0.25, -0.2) is 4.99 Å². The maximum Gasteiger partial charge on any atom is 0.158 e. The van der Waals surface area contributed by atoms with Crippen molar-refractivity contribution in [2.24, 2.45) is 10.7 Å². The van der Waals surface area contributed by atoms with Gasteiger partial charge in [-0.15, -0.1) is 0 Å². The van der Waals surface area contributed by atoms with Gasteiger partial charge in [0, 0.05) is 0 Å². The lowest BCUT2D eigenvalue weighted by molar-refractivity contribution is 1.51. The van der Waals surface area contributed by atoms with Crippen molar-refractivity contribution in [3.05, 3.63) is 30.3 Å². The first-order valence-electron chi connectivity index (χ1n) is 3.26. The van der Waals surface area contributed by atoms with Crippen LogP contribution in [0.4, 0.5) is 5.69 Å². The molecule has 0 aromatic heterocycles. The highest BCUT2D eigenvalue weighted by atomic mass is 32.2. The molecule has 0 aliphatic heterocycles. The monoisotopic (exact) mass is 182 g/mol. The molecular weight excluding hydrogens is 168 g/mol. The smallest absolute Gasteiger partial charge is 0.158 e. The van der Waals surface area contributed by atoms with Crippen molar-refractivity contribution < 1.29 is 0 Å². The molecule has 3 heteroatoms. The molecule has 0 heterocycles. The average Bonchev–Trinajstić information content (AvgIpc) is 2.06. The van der Waals surface area contributed by atoms with Crippen molar-refractivity contribution in [1.82, 2.24) is 0 Å². The van der Waals surface area contributed by atoms with Crippen LogP contribution in [0, 0.1) is 0 Å². The predicted octanol–water partition coefficient (Wildman–Crippen LogP) is 2.63. The number of nitrogens with zero attached hydrogens (tertiary/aromatic N) is 1. The highest BCUT2D eigenvalue weighted by Crippen LogP contribution is 2.10. The van der Waals surface area contributed by atoms with E-state index in [2.05, 4.69) is 4.99 Å². The summed E-state index contributed by atoms with van der Waals surface area (Å²) in [6.45, 7) is 0. The van der Waals surface area contributed by atoms with Gasteiger partial charge in [-0.05, 0) is 18.4 Å². The summed E-state index contributed by atoms with van der Waals surface area (Å²) in [5.41, 5.74) is 6.42. The van der Waals surface area contributed by atoms with E-state index >= 15 is 0 Å². The third-order valence-electron chi connectivity index (χ3n) is 1.20. The van der Waals surface area contributed by atoms with Crippen molar-refractivity contribution in [3.8, 4) is 0 Å². The molecule has 1 aromatic carbocycles. The molecule has 0 atom stereocenters. The number of para-hydroxylation sites is 1. The van der Waals surface area contributed by atoms with E-state index in [4.69, 9.17) is 5.73 Å². The first-order valence-corrected chi connectivity index (χ1v) is 4.48. The molecule has 0 saturated heterocycles. The number of rotatable bonds is 1. The number of nitrogens with two attached hydrogens (primary N) is 1. The van der Waals surface area contributed by atoms with Gasteiger partial charge in [0.2, 0.25) is 0 Å². The lowest BCUT2D eigenvalue weighted by Gasteiger charge is -1.94. The fourth-order valence-corrected chi connectivity index (χ4v) is 0.872. The van der Waals surface area contributed by atoms with Crippen LogP contribution >= 0.6 is 11.8 Å². The van der Waals surface area contributed by atoms with E-state index in [1.165, 1.54) is 11.8 Å². The van der Waals surface area contributed by atoms with E-state index in [0.717, 1.165) is 5.69 Å². The van der Waals surface area contributed by atoms with Gasteiger partial charge in [-0.2, -0.15) is 0 Å². The molecule has 0 spiro atoms. The van der Waals surface area contributed by atoms with Crippen LogP contribution in [-0.4, -0.2) is 11.4 Å². The van der Waals surface area contributed by atoms with Gasteiger partial charge in [-0.1, -0.05) is 37.4 Å². The number of hydrogen-bond acceptors (Lipinski definition) is 2. The van der Waals surface area contributed by atoms with Crippen LogP contribution in [0.15, 0.2) is 35.3 Å². The highest BCUT2D eigenvalue weighted by Gasteiger charge is 1.88. The first-order chi connectivity index (χ1) is 5.33. The third kappa shape index (κ3) is 3.44. The fourth-order valence-electron chi connectivity index (χ4n) is 0.675. The van der Waals surface area contributed by atoms with Gasteiger partial charge >= 0.3 is 0 Å². The summed E-state index contributed by atoms with van der Waals surface area (Å²) in [7, 11) is 0. The van der Waals surface area contributed by atoms with Crippen LogP contribution < -0.4 is 5.73 Å². The SMILES string of the molecule is C.CSC(N)=Nc1ccccc1. The molecule has 0 amide bonds. The largest absolute Gasteiger partial charge is 0.378 e. The molecule has 0 fully saturated rings. The van der Waals surface area contributed by atoms with Crippen LogP contribution in [0.2, 0.25) is 0 Å². The van der Waals surface area contributed by atoms with Crippen LogP contribution in [0.1, 0.15) is 7.43 Å². The van der Waals surface area contributed by atoms with Gasteiger partial charge in [0.05, 0.1) is 5.69 Å². The van der Waals surface area contributed by atoms with Crippen molar-refractivity contribution in [2.75, 3.05) is 6.26 Å². The Morgan fingerprint density at radius 1 is 1.33 bits per heavy atom. The summed E-state index contributed by atoms with van der Waals surface area (Å²) in [6.07, 6.45) is 1.90. The number of amidine groups is 1. The molecule has 0 aliphatic carbocycles. The minimum atomic E-state index is 0. The molecule has 0 bridgehead atoms. The molecule has 0 radical (unpaired) electrons. The minimum Gasteiger partial charge on any atom is -0.378 e. The fraction of sp³-hybridized carbons (Fsp3) is 0.222. The van der Waals surface area contributed by atoms with Crippen molar-refractivity contribution in [3.63, 3.8) is 0 Å². The van der Waals surface area contributed by atoms with E-state index < -0.39 is 0 Å². The van der Waals surface area contributed by atoms with E-state index in [1.54, 1.807) is 0 Å². The maximum absolute atomic E-state index is 5.52. The lowest BCUT2D eigenvalue weighted by atomic mass is 10.3. The number of hydrogen-bond donors (Lipinski definition) is 1. The Hall–Kier alpha value is -0.960. The average molecular weight is 182 g/mol. The Bertz CT molecular complexity index is 244. The van der Waals surface area contributed by atoms with E-state index in [9.17, 15) is 0 Å². The van der Waals surface area contributed by atoms with Crippen LogP contribution in [0.25, 0.3) is 0 Å².